The monoisotopic (exact) mass is 282 g/mol. The van der Waals surface area contributed by atoms with Gasteiger partial charge in [0.1, 0.15) is 5.82 Å². The molecule has 0 bridgehead atoms. The number of carbonyl (C=O) groups is 1. The number of oxime groups is 1. The van der Waals surface area contributed by atoms with Gasteiger partial charge in [-0.2, -0.15) is 0 Å². The first-order valence-corrected chi connectivity index (χ1v) is 6.03. The highest BCUT2D eigenvalue weighted by Crippen LogP contribution is 2.15. The maximum atomic E-state index is 13.5. The number of morpholine rings is 1. The summed E-state index contributed by atoms with van der Waals surface area (Å²) < 4.78 is 18.6. The standard InChI is InChI=1S/C12H15FN4O3/c13-10-2-1-8(7-9(10)11(14)16-19)15-12(18)17-3-5-20-6-4-17/h1-2,7,19H,3-6H2,(H2,14,16)(H,15,18). The molecule has 1 saturated heterocycles. The number of nitrogens with zero attached hydrogens (tertiary/aromatic N) is 2. The van der Waals surface area contributed by atoms with Crippen molar-refractivity contribution in [1.29, 1.82) is 0 Å². The molecule has 1 fully saturated rings. The highest BCUT2D eigenvalue weighted by Gasteiger charge is 2.17. The molecule has 0 aromatic heterocycles. The maximum absolute atomic E-state index is 13.5. The van der Waals surface area contributed by atoms with E-state index in [9.17, 15) is 9.18 Å². The van der Waals surface area contributed by atoms with Gasteiger partial charge in [-0.25, -0.2) is 9.18 Å². The molecule has 4 N–H and O–H groups in total. The number of carbonyl (C=O) groups excluding carboxylic acids is 1. The Bertz CT molecular complexity index is 529. The maximum Gasteiger partial charge on any atom is 0.321 e. The van der Waals surface area contributed by atoms with Crippen LogP contribution in [0.4, 0.5) is 14.9 Å². The van der Waals surface area contributed by atoms with Gasteiger partial charge in [0.2, 0.25) is 0 Å². The lowest BCUT2D eigenvalue weighted by atomic mass is 10.1. The topological polar surface area (TPSA) is 100 Å². The lowest BCUT2D eigenvalue weighted by Gasteiger charge is -2.27. The Morgan fingerprint density at radius 3 is 2.80 bits per heavy atom. The summed E-state index contributed by atoms with van der Waals surface area (Å²) in [5.41, 5.74) is 5.65. The molecule has 0 spiro atoms. The average molecular weight is 282 g/mol. The molecule has 1 aromatic carbocycles. The second kappa shape index (κ2) is 6.20. The minimum atomic E-state index is -0.635. The summed E-state index contributed by atoms with van der Waals surface area (Å²) in [7, 11) is 0. The number of nitrogens with two attached hydrogens (primary N) is 1. The van der Waals surface area contributed by atoms with Gasteiger partial charge in [-0.3, -0.25) is 0 Å². The molecule has 1 heterocycles. The summed E-state index contributed by atoms with van der Waals surface area (Å²) >= 11 is 0. The number of ether oxygens (including phenoxy) is 1. The van der Waals surface area contributed by atoms with E-state index in [0.717, 1.165) is 6.07 Å². The van der Waals surface area contributed by atoms with Gasteiger partial charge >= 0.3 is 6.03 Å². The van der Waals surface area contributed by atoms with Crippen molar-refractivity contribution in [2.24, 2.45) is 10.9 Å². The fourth-order valence-corrected chi connectivity index (χ4v) is 1.82. The van der Waals surface area contributed by atoms with E-state index in [4.69, 9.17) is 15.7 Å². The van der Waals surface area contributed by atoms with E-state index in [-0.39, 0.29) is 17.4 Å². The molecular formula is C12H15FN4O3. The van der Waals surface area contributed by atoms with Gasteiger partial charge in [-0.15, -0.1) is 0 Å². The van der Waals surface area contributed by atoms with Crippen LogP contribution in [0.5, 0.6) is 0 Å². The van der Waals surface area contributed by atoms with E-state index in [1.165, 1.54) is 12.1 Å². The van der Waals surface area contributed by atoms with Crippen LogP contribution in [0.1, 0.15) is 5.56 Å². The number of anilines is 1. The van der Waals surface area contributed by atoms with E-state index in [0.29, 0.717) is 32.0 Å². The highest BCUT2D eigenvalue weighted by molar-refractivity contribution is 5.99. The van der Waals surface area contributed by atoms with Crippen molar-refractivity contribution in [3.05, 3.63) is 29.6 Å². The Labute approximate surface area is 114 Å². The molecular weight excluding hydrogens is 267 g/mol. The normalized spacial score (nSPS) is 16.1. The van der Waals surface area contributed by atoms with Crippen molar-refractivity contribution in [1.82, 2.24) is 4.90 Å². The molecule has 20 heavy (non-hydrogen) atoms. The van der Waals surface area contributed by atoms with Gasteiger partial charge in [0.15, 0.2) is 5.84 Å². The van der Waals surface area contributed by atoms with Crippen molar-refractivity contribution in [2.45, 2.75) is 0 Å². The van der Waals surface area contributed by atoms with Crippen LogP contribution >= 0.6 is 0 Å². The summed E-state index contributed by atoms with van der Waals surface area (Å²) in [4.78, 5) is 13.6. The fraction of sp³-hybridized carbons (Fsp3) is 0.333. The van der Waals surface area contributed by atoms with Gasteiger partial charge in [0.25, 0.3) is 0 Å². The molecule has 8 heteroatoms. The van der Waals surface area contributed by atoms with Gasteiger partial charge in [-0.1, -0.05) is 5.16 Å². The van der Waals surface area contributed by atoms with Crippen LogP contribution in [-0.2, 0) is 4.74 Å². The van der Waals surface area contributed by atoms with Crippen molar-refractivity contribution in [3.8, 4) is 0 Å². The van der Waals surface area contributed by atoms with Gasteiger partial charge in [0.05, 0.1) is 18.8 Å². The van der Waals surface area contributed by atoms with E-state index in [1.807, 2.05) is 0 Å². The predicted molar refractivity (Wildman–Crippen MR) is 70.3 cm³/mol. The fourth-order valence-electron chi connectivity index (χ4n) is 1.82. The number of amides is 2. The predicted octanol–water partition coefficient (Wildman–Crippen LogP) is 0.784. The van der Waals surface area contributed by atoms with Crippen molar-refractivity contribution in [3.63, 3.8) is 0 Å². The minimum absolute atomic E-state index is 0.0766. The summed E-state index contributed by atoms with van der Waals surface area (Å²) in [6, 6.07) is 3.55. The van der Waals surface area contributed by atoms with Crippen LogP contribution in [0, 0.1) is 5.82 Å². The number of halogens is 1. The summed E-state index contributed by atoms with van der Waals surface area (Å²) in [5.74, 6) is -0.991. The second-order valence-corrected chi connectivity index (χ2v) is 4.21. The lowest BCUT2D eigenvalue weighted by Crippen LogP contribution is -2.43. The largest absolute Gasteiger partial charge is 0.409 e. The van der Waals surface area contributed by atoms with Gasteiger partial charge in [0, 0.05) is 18.8 Å². The number of amidine groups is 1. The van der Waals surface area contributed by atoms with Crippen molar-refractivity contribution >= 4 is 17.6 Å². The minimum Gasteiger partial charge on any atom is -0.409 e. The SMILES string of the molecule is NC(=NO)c1cc(NC(=O)N2CCOCC2)ccc1F. The van der Waals surface area contributed by atoms with E-state index in [1.54, 1.807) is 4.90 Å². The van der Waals surface area contributed by atoms with Crippen LogP contribution < -0.4 is 11.1 Å². The number of benzene rings is 1. The van der Waals surface area contributed by atoms with E-state index in [2.05, 4.69) is 10.5 Å². The molecule has 2 rings (SSSR count). The number of nitrogens with one attached hydrogen (secondary N) is 1. The molecule has 1 aliphatic rings. The quantitative estimate of drug-likeness (QED) is 0.323. The second-order valence-electron chi connectivity index (χ2n) is 4.21. The smallest absolute Gasteiger partial charge is 0.321 e. The molecule has 2 amide bonds. The van der Waals surface area contributed by atoms with Crippen LogP contribution in [0.2, 0.25) is 0 Å². The van der Waals surface area contributed by atoms with E-state index < -0.39 is 5.82 Å². The molecule has 0 saturated carbocycles. The van der Waals surface area contributed by atoms with Crippen LogP contribution in [0.15, 0.2) is 23.4 Å². The Kier molecular flexibility index (Phi) is 4.36. The van der Waals surface area contributed by atoms with Crippen LogP contribution in [0.25, 0.3) is 0 Å². The van der Waals surface area contributed by atoms with Crippen LogP contribution in [0.3, 0.4) is 0 Å². The average Bonchev–Trinajstić information content (AvgIpc) is 2.49. The third-order valence-corrected chi connectivity index (χ3v) is 2.90. The third-order valence-electron chi connectivity index (χ3n) is 2.90. The Balaban J connectivity index is 2.11. The highest BCUT2D eigenvalue weighted by atomic mass is 19.1. The summed E-state index contributed by atoms with van der Waals surface area (Å²) in [6.45, 7) is 1.98. The first-order chi connectivity index (χ1) is 9.61. The van der Waals surface area contributed by atoms with Crippen molar-refractivity contribution < 1.29 is 19.1 Å². The first kappa shape index (κ1) is 14.1. The van der Waals surface area contributed by atoms with E-state index >= 15 is 0 Å². The molecule has 1 aromatic rings. The number of rotatable bonds is 2. The number of urea groups is 1. The molecule has 0 unspecified atom stereocenters. The molecule has 0 radical (unpaired) electrons. The van der Waals surface area contributed by atoms with Gasteiger partial charge < -0.3 is 25.9 Å². The molecule has 7 nitrogen and oxygen atoms in total. The Morgan fingerprint density at radius 2 is 2.15 bits per heavy atom. The summed E-state index contributed by atoms with van der Waals surface area (Å²) in [5, 5.41) is 14.0. The zero-order valence-corrected chi connectivity index (χ0v) is 10.7. The van der Waals surface area contributed by atoms with Crippen molar-refractivity contribution in [2.75, 3.05) is 31.6 Å². The Morgan fingerprint density at radius 1 is 1.45 bits per heavy atom. The van der Waals surface area contributed by atoms with Gasteiger partial charge in [-0.05, 0) is 18.2 Å². The Hall–Kier alpha value is -2.35. The zero-order valence-electron chi connectivity index (χ0n) is 10.7. The zero-order chi connectivity index (χ0) is 14.5. The molecule has 0 atom stereocenters. The third kappa shape index (κ3) is 3.15. The molecule has 0 aliphatic carbocycles. The summed E-state index contributed by atoms with van der Waals surface area (Å²) in [6.07, 6.45) is 0. The number of hydrogen-bond acceptors (Lipinski definition) is 4. The van der Waals surface area contributed by atoms with Crippen LogP contribution in [-0.4, -0.2) is 48.3 Å². The molecule has 1 aliphatic heterocycles. The molecule has 108 valence electrons. The first-order valence-electron chi connectivity index (χ1n) is 6.03. The lowest BCUT2D eigenvalue weighted by molar-refractivity contribution is 0.0564. The number of hydrogen-bond donors (Lipinski definition) is 3.